The first-order chi connectivity index (χ1) is 11.0. The second-order valence-corrected chi connectivity index (χ2v) is 6.15. The van der Waals surface area contributed by atoms with Crippen LogP contribution in [0.3, 0.4) is 0 Å². The Morgan fingerprint density at radius 2 is 2.26 bits per heavy atom. The fraction of sp³-hybridized carbons (Fsp3) is 0.267. The molecule has 8 heteroatoms. The topological polar surface area (TPSA) is 95.7 Å². The summed E-state index contributed by atoms with van der Waals surface area (Å²) >= 11 is 3.37. The maximum atomic E-state index is 12.1. The molecule has 1 amide bonds. The van der Waals surface area contributed by atoms with Crippen LogP contribution in [0.5, 0.6) is 0 Å². The van der Waals surface area contributed by atoms with Crippen molar-refractivity contribution in [2.45, 2.75) is 12.3 Å². The molecule has 1 aliphatic rings. The maximum absolute atomic E-state index is 12.1. The van der Waals surface area contributed by atoms with Crippen LogP contribution in [0.1, 0.15) is 17.9 Å². The average Bonchev–Trinajstić information content (AvgIpc) is 2.99. The van der Waals surface area contributed by atoms with E-state index >= 15 is 0 Å². The van der Waals surface area contributed by atoms with Crippen molar-refractivity contribution in [2.75, 3.05) is 23.3 Å². The summed E-state index contributed by atoms with van der Waals surface area (Å²) in [6.07, 6.45) is 1.83. The van der Waals surface area contributed by atoms with Crippen LogP contribution >= 0.6 is 15.9 Å². The number of aliphatic carboxylic acids is 1. The molecular weight excluding hydrogens is 366 g/mol. The Labute approximate surface area is 140 Å². The third-order valence-corrected chi connectivity index (χ3v) is 4.22. The number of rotatable bonds is 4. The Balaban J connectivity index is 1.80. The van der Waals surface area contributed by atoms with E-state index in [0.29, 0.717) is 24.3 Å². The molecule has 3 rings (SSSR count). The number of aromatic nitrogens is 1. The van der Waals surface area contributed by atoms with Crippen LogP contribution in [0.15, 0.2) is 39.5 Å². The summed E-state index contributed by atoms with van der Waals surface area (Å²) in [4.78, 5) is 25.4. The largest absolute Gasteiger partial charge is 0.481 e. The summed E-state index contributed by atoms with van der Waals surface area (Å²) < 4.78 is 5.48. The first kappa shape index (κ1) is 15.5. The fourth-order valence-corrected chi connectivity index (χ4v) is 3.09. The van der Waals surface area contributed by atoms with Crippen molar-refractivity contribution in [2.24, 2.45) is 0 Å². The van der Waals surface area contributed by atoms with Crippen LogP contribution in [0, 0.1) is 0 Å². The molecule has 2 aromatic rings. The number of carbonyl (C=O) groups excluding carboxylic acids is 1. The highest BCUT2D eigenvalue weighted by Crippen LogP contribution is 2.37. The molecule has 0 aliphatic carbocycles. The molecule has 120 valence electrons. The van der Waals surface area contributed by atoms with Gasteiger partial charge < -0.3 is 19.8 Å². The summed E-state index contributed by atoms with van der Waals surface area (Å²) in [7, 11) is 0. The average molecular weight is 380 g/mol. The predicted molar refractivity (Wildman–Crippen MR) is 86.5 cm³/mol. The van der Waals surface area contributed by atoms with Crippen LogP contribution < -0.4 is 10.2 Å². The highest BCUT2D eigenvalue weighted by molar-refractivity contribution is 9.10. The van der Waals surface area contributed by atoms with Gasteiger partial charge in [0.25, 0.3) is 0 Å². The number of fused-ring (bicyclic) bond motifs is 1. The second kappa shape index (κ2) is 6.41. The zero-order valence-electron chi connectivity index (χ0n) is 12.0. The molecule has 0 saturated heterocycles. The minimum atomic E-state index is -0.851. The molecular formula is C15H14BrN3O4. The lowest BCUT2D eigenvalue weighted by Gasteiger charge is -2.33. The molecule has 1 aliphatic heterocycles. The number of nitrogens with zero attached hydrogens (tertiary/aromatic N) is 2. The van der Waals surface area contributed by atoms with Gasteiger partial charge in [-0.05, 0) is 30.2 Å². The molecule has 2 heterocycles. The van der Waals surface area contributed by atoms with Crippen molar-refractivity contribution in [1.82, 2.24) is 5.16 Å². The van der Waals surface area contributed by atoms with Gasteiger partial charge in [0.2, 0.25) is 5.91 Å². The number of hydrogen-bond donors (Lipinski definition) is 2. The number of halogens is 1. The van der Waals surface area contributed by atoms with Gasteiger partial charge in [0.05, 0.1) is 12.5 Å². The lowest BCUT2D eigenvalue weighted by Crippen LogP contribution is -2.39. The number of carboxylic acids is 1. The second-order valence-electron chi connectivity index (χ2n) is 5.24. The zero-order valence-corrected chi connectivity index (χ0v) is 13.6. The van der Waals surface area contributed by atoms with Crippen LogP contribution in [-0.4, -0.2) is 35.2 Å². The van der Waals surface area contributed by atoms with Gasteiger partial charge in [0, 0.05) is 22.8 Å². The summed E-state index contributed by atoms with van der Waals surface area (Å²) in [5, 5.41) is 15.6. The van der Waals surface area contributed by atoms with E-state index in [1.165, 1.54) is 6.26 Å². The highest BCUT2D eigenvalue weighted by atomic mass is 79.9. The number of benzene rings is 1. The van der Waals surface area contributed by atoms with Crippen LogP contribution in [0.25, 0.3) is 0 Å². The molecule has 2 N–H and O–H groups in total. The van der Waals surface area contributed by atoms with Gasteiger partial charge in [0.15, 0.2) is 5.82 Å². The van der Waals surface area contributed by atoms with E-state index in [1.54, 1.807) is 12.1 Å². The standard InChI is InChI=1S/C15H14BrN3O4/c16-9-1-2-12-11(7-9)10(15(21)22)3-5-19(12)8-14(20)17-13-4-6-23-18-13/h1-2,4,6-7,10H,3,5,8H2,(H,21,22)(H,17,18,20). The molecule has 0 spiro atoms. The van der Waals surface area contributed by atoms with E-state index in [2.05, 4.69) is 30.9 Å². The number of hydrogen-bond acceptors (Lipinski definition) is 5. The highest BCUT2D eigenvalue weighted by Gasteiger charge is 2.30. The zero-order chi connectivity index (χ0) is 16.4. The van der Waals surface area contributed by atoms with E-state index in [-0.39, 0.29) is 12.5 Å². The molecule has 1 aromatic carbocycles. The SMILES string of the molecule is O=C(CN1CCC(C(=O)O)c2cc(Br)ccc21)Nc1ccon1. The lowest BCUT2D eigenvalue weighted by molar-refractivity contribution is -0.139. The monoisotopic (exact) mass is 379 g/mol. The molecule has 1 atom stereocenters. The number of anilines is 2. The van der Waals surface area contributed by atoms with E-state index in [0.717, 1.165) is 10.2 Å². The molecule has 0 fully saturated rings. The van der Waals surface area contributed by atoms with Gasteiger partial charge in [-0.2, -0.15) is 0 Å². The smallest absolute Gasteiger partial charge is 0.311 e. The predicted octanol–water partition coefficient (Wildman–Crippen LogP) is 2.45. The molecule has 7 nitrogen and oxygen atoms in total. The maximum Gasteiger partial charge on any atom is 0.311 e. The van der Waals surface area contributed by atoms with Gasteiger partial charge in [-0.3, -0.25) is 9.59 Å². The summed E-state index contributed by atoms with van der Waals surface area (Å²) in [6.45, 7) is 0.617. The lowest BCUT2D eigenvalue weighted by atomic mass is 9.90. The number of amides is 1. The van der Waals surface area contributed by atoms with E-state index < -0.39 is 11.9 Å². The van der Waals surface area contributed by atoms with Gasteiger partial charge in [0.1, 0.15) is 6.26 Å². The summed E-state index contributed by atoms with van der Waals surface area (Å²) in [5.41, 5.74) is 1.48. The van der Waals surface area contributed by atoms with Crippen molar-refractivity contribution in [3.8, 4) is 0 Å². The van der Waals surface area contributed by atoms with Gasteiger partial charge >= 0.3 is 5.97 Å². The van der Waals surface area contributed by atoms with Crippen molar-refractivity contribution < 1.29 is 19.2 Å². The third kappa shape index (κ3) is 3.37. The molecule has 1 unspecified atom stereocenters. The Morgan fingerprint density at radius 3 is 2.96 bits per heavy atom. The summed E-state index contributed by atoms with van der Waals surface area (Å²) in [5.74, 6) is -1.29. The Hall–Kier alpha value is -2.35. The first-order valence-electron chi connectivity index (χ1n) is 7.02. The quantitative estimate of drug-likeness (QED) is 0.846. The van der Waals surface area contributed by atoms with Gasteiger partial charge in [-0.1, -0.05) is 21.1 Å². The molecule has 1 aromatic heterocycles. The van der Waals surface area contributed by atoms with Gasteiger partial charge in [-0.25, -0.2) is 0 Å². The normalized spacial score (nSPS) is 16.7. The van der Waals surface area contributed by atoms with Crippen molar-refractivity contribution >= 4 is 39.3 Å². The van der Waals surface area contributed by atoms with Crippen molar-refractivity contribution in [3.63, 3.8) is 0 Å². The van der Waals surface area contributed by atoms with Crippen LogP contribution in [0.4, 0.5) is 11.5 Å². The molecule has 0 bridgehead atoms. The molecule has 0 saturated carbocycles. The minimum Gasteiger partial charge on any atom is -0.481 e. The number of nitrogens with one attached hydrogen (secondary N) is 1. The molecule has 0 radical (unpaired) electrons. The number of carbonyl (C=O) groups is 2. The Morgan fingerprint density at radius 1 is 1.43 bits per heavy atom. The van der Waals surface area contributed by atoms with Crippen LogP contribution in [-0.2, 0) is 9.59 Å². The number of carboxylic acid groups (broad SMARTS) is 1. The minimum absolute atomic E-state index is 0.119. The Kier molecular flexibility index (Phi) is 4.33. The fourth-order valence-electron chi connectivity index (χ4n) is 2.71. The van der Waals surface area contributed by atoms with E-state index in [9.17, 15) is 14.7 Å². The van der Waals surface area contributed by atoms with Gasteiger partial charge in [-0.15, -0.1) is 0 Å². The summed E-state index contributed by atoms with van der Waals surface area (Å²) in [6, 6.07) is 7.03. The Bertz CT molecular complexity index is 732. The third-order valence-electron chi connectivity index (χ3n) is 3.73. The van der Waals surface area contributed by atoms with E-state index in [4.69, 9.17) is 0 Å². The van der Waals surface area contributed by atoms with Crippen LogP contribution in [0.2, 0.25) is 0 Å². The first-order valence-corrected chi connectivity index (χ1v) is 7.81. The van der Waals surface area contributed by atoms with Crippen molar-refractivity contribution in [1.29, 1.82) is 0 Å². The molecule has 23 heavy (non-hydrogen) atoms. The van der Waals surface area contributed by atoms with E-state index in [1.807, 2.05) is 17.0 Å². The van der Waals surface area contributed by atoms with Crippen molar-refractivity contribution in [3.05, 3.63) is 40.6 Å².